The number of amides is 2. The minimum atomic E-state index is -0.678. The van der Waals surface area contributed by atoms with E-state index in [4.69, 9.17) is 10.7 Å². The second-order valence-corrected chi connectivity index (χ2v) is 6.31. The van der Waals surface area contributed by atoms with Gasteiger partial charge in [-0.1, -0.05) is 13.0 Å². The maximum atomic E-state index is 12.0. The van der Waals surface area contributed by atoms with E-state index in [1.54, 1.807) is 17.3 Å². The third-order valence-corrected chi connectivity index (χ3v) is 5.23. The zero-order chi connectivity index (χ0) is 16.4. The molecule has 2 heterocycles. The molecule has 0 radical (unpaired) electrons. The average Bonchev–Trinajstić information content (AvgIpc) is 2.52. The maximum Gasteiger partial charge on any atom is 0.246 e. The van der Waals surface area contributed by atoms with E-state index in [0.29, 0.717) is 26.2 Å². The van der Waals surface area contributed by atoms with Crippen LogP contribution in [0.2, 0.25) is 0 Å². The standard InChI is InChI=1S/C16H23N5O2/c1-2-13(22)20-8-10-21(11-9-20)16(12-4-3-5-12)14(15(17)23)18-6-7-19-16/h2,6-7,12,14H,1,3-5,8-11H2,(H2,17,23). The van der Waals surface area contributed by atoms with Crippen molar-refractivity contribution in [3.8, 4) is 0 Å². The number of carbonyl (C=O) groups is 2. The molecule has 0 aromatic heterocycles. The third-order valence-electron chi connectivity index (χ3n) is 5.23. The second kappa shape index (κ2) is 6.23. The van der Waals surface area contributed by atoms with E-state index in [1.165, 1.54) is 6.08 Å². The van der Waals surface area contributed by atoms with Gasteiger partial charge in [0.1, 0.15) is 5.66 Å². The summed E-state index contributed by atoms with van der Waals surface area (Å²) in [4.78, 5) is 36.8. The number of aliphatic imine (C=N–C) groups is 2. The van der Waals surface area contributed by atoms with Gasteiger partial charge in [0.15, 0.2) is 6.04 Å². The first-order valence-corrected chi connectivity index (χ1v) is 8.12. The lowest BCUT2D eigenvalue weighted by Gasteiger charge is -2.53. The van der Waals surface area contributed by atoms with E-state index in [1.807, 2.05) is 0 Å². The number of rotatable bonds is 4. The smallest absolute Gasteiger partial charge is 0.246 e. The molecule has 2 atom stereocenters. The molecule has 124 valence electrons. The average molecular weight is 317 g/mol. The van der Waals surface area contributed by atoms with Gasteiger partial charge in [-0.25, -0.2) is 0 Å². The highest BCUT2D eigenvalue weighted by Gasteiger charge is 2.55. The van der Waals surface area contributed by atoms with Gasteiger partial charge in [-0.15, -0.1) is 0 Å². The Labute approximate surface area is 135 Å². The molecule has 1 saturated carbocycles. The van der Waals surface area contributed by atoms with Gasteiger partial charge in [0, 0.05) is 44.5 Å². The number of hydrogen-bond acceptors (Lipinski definition) is 5. The second-order valence-electron chi connectivity index (χ2n) is 6.31. The maximum absolute atomic E-state index is 12.0. The first kappa shape index (κ1) is 15.9. The molecular weight excluding hydrogens is 294 g/mol. The monoisotopic (exact) mass is 317 g/mol. The highest BCUT2D eigenvalue weighted by Crippen LogP contribution is 2.44. The number of nitrogens with zero attached hydrogens (tertiary/aromatic N) is 4. The lowest BCUT2D eigenvalue weighted by Crippen LogP contribution is -2.68. The molecule has 0 aromatic rings. The van der Waals surface area contributed by atoms with Gasteiger partial charge in [-0.2, -0.15) is 0 Å². The molecule has 1 aliphatic carbocycles. The van der Waals surface area contributed by atoms with Crippen LogP contribution in [-0.2, 0) is 9.59 Å². The van der Waals surface area contributed by atoms with Crippen LogP contribution in [0.3, 0.4) is 0 Å². The Morgan fingerprint density at radius 2 is 1.91 bits per heavy atom. The van der Waals surface area contributed by atoms with Crippen LogP contribution in [0.4, 0.5) is 0 Å². The Kier molecular flexibility index (Phi) is 4.30. The van der Waals surface area contributed by atoms with Crippen LogP contribution in [0.1, 0.15) is 19.3 Å². The zero-order valence-electron chi connectivity index (χ0n) is 13.2. The molecule has 2 fully saturated rings. The number of primary amides is 1. The SMILES string of the molecule is C=CC(=O)N1CCN(C2(C3CCC3)N=CC=NC2C(N)=O)CC1. The van der Waals surface area contributed by atoms with Crippen molar-refractivity contribution in [2.24, 2.45) is 21.6 Å². The molecule has 7 nitrogen and oxygen atoms in total. The summed E-state index contributed by atoms with van der Waals surface area (Å²) in [5.41, 5.74) is 4.95. The highest BCUT2D eigenvalue weighted by atomic mass is 16.2. The van der Waals surface area contributed by atoms with Gasteiger partial charge in [0.2, 0.25) is 11.8 Å². The number of piperazine rings is 1. The van der Waals surface area contributed by atoms with Crippen molar-refractivity contribution in [1.29, 1.82) is 0 Å². The van der Waals surface area contributed by atoms with E-state index in [0.717, 1.165) is 19.3 Å². The van der Waals surface area contributed by atoms with Crippen LogP contribution in [0, 0.1) is 5.92 Å². The Balaban J connectivity index is 1.84. The van der Waals surface area contributed by atoms with Gasteiger partial charge in [0.25, 0.3) is 0 Å². The Bertz CT molecular complexity index is 561. The van der Waals surface area contributed by atoms with Crippen molar-refractivity contribution in [2.75, 3.05) is 26.2 Å². The molecule has 2 aliphatic heterocycles. The van der Waals surface area contributed by atoms with Crippen LogP contribution in [0.25, 0.3) is 0 Å². The molecule has 2 unspecified atom stereocenters. The van der Waals surface area contributed by atoms with Crippen molar-refractivity contribution in [3.63, 3.8) is 0 Å². The molecule has 0 bridgehead atoms. The van der Waals surface area contributed by atoms with Gasteiger partial charge in [0.05, 0.1) is 0 Å². The Hall–Kier alpha value is -2.02. The fourth-order valence-corrected chi connectivity index (χ4v) is 3.83. The molecule has 2 amide bonds. The van der Waals surface area contributed by atoms with Crippen LogP contribution in [-0.4, -0.2) is 71.9 Å². The van der Waals surface area contributed by atoms with Gasteiger partial charge < -0.3 is 10.6 Å². The molecule has 3 aliphatic rings. The van der Waals surface area contributed by atoms with Crippen LogP contribution >= 0.6 is 0 Å². The lowest BCUT2D eigenvalue weighted by atomic mass is 9.71. The van der Waals surface area contributed by atoms with Crippen molar-refractivity contribution in [1.82, 2.24) is 9.80 Å². The fourth-order valence-electron chi connectivity index (χ4n) is 3.83. The number of hydrogen-bond donors (Lipinski definition) is 1. The predicted molar refractivity (Wildman–Crippen MR) is 88.4 cm³/mol. The fraction of sp³-hybridized carbons (Fsp3) is 0.625. The summed E-state index contributed by atoms with van der Waals surface area (Å²) in [7, 11) is 0. The largest absolute Gasteiger partial charge is 0.368 e. The van der Waals surface area contributed by atoms with Crippen LogP contribution in [0.15, 0.2) is 22.6 Å². The molecule has 0 spiro atoms. The molecule has 0 aromatic carbocycles. The summed E-state index contributed by atoms with van der Waals surface area (Å²) in [5.74, 6) is -0.205. The first-order valence-electron chi connectivity index (χ1n) is 8.12. The van der Waals surface area contributed by atoms with Crippen LogP contribution < -0.4 is 5.73 Å². The third kappa shape index (κ3) is 2.59. The van der Waals surface area contributed by atoms with Gasteiger partial charge in [-0.05, 0) is 18.9 Å². The van der Waals surface area contributed by atoms with Crippen molar-refractivity contribution in [3.05, 3.63) is 12.7 Å². The van der Waals surface area contributed by atoms with E-state index in [9.17, 15) is 9.59 Å². The van der Waals surface area contributed by atoms with E-state index >= 15 is 0 Å². The molecule has 1 saturated heterocycles. The van der Waals surface area contributed by atoms with Gasteiger partial charge in [-0.3, -0.25) is 24.5 Å². The Morgan fingerprint density at radius 1 is 1.22 bits per heavy atom. The summed E-state index contributed by atoms with van der Waals surface area (Å²) in [6.45, 7) is 6.06. The summed E-state index contributed by atoms with van der Waals surface area (Å²) in [6.07, 6.45) is 7.78. The molecule has 3 rings (SSSR count). The quantitative estimate of drug-likeness (QED) is 0.729. The first-order chi connectivity index (χ1) is 11.1. The normalized spacial score (nSPS) is 31.7. The molecule has 2 N–H and O–H groups in total. The van der Waals surface area contributed by atoms with Crippen molar-refractivity contribution < 1.29 is 9.59 Å². The highest BCUT2D eigenvalue weighted by molar-refractivity contribution is 6.17. The predicted octanol–water partition coefficient (Wildman–Crippen LogP) is -0.178. The summed E-state index contributed by atoms with van der Waals surface area (Å²) < 4.78 is 0. The lowest BCUT2D eigenvalue weighted by molar-refractivity contribution is -0.134. The van der Waals surface area contributed by atoms with E-state index in [2.05, 4.69) is 16.5 Å². The summed E-state index contributed by atoms with van der Waals surface area (Å²) in [5, 5.41) is 0. The van der Waals surface area contributed by atoms with Crippen LogP contribution in [0.5, 0.6) is 0 Å². The van der Waals surface area contributed by atoms with E-state index < -0.39 is 17.6 Å². The number of nitrogens with two attached hydrogens (primary N) is 1. The molecule has 23 heavy (non-hydrogen) atoms. The minimum Gasteiger partial charge on any atom is -0.368 e. The Morgan fingerprint density at radius 3 is 2.43 bits per heavy atom. The summed E-state index contributed by atoms with van der Waals surface area (Å²) >= 11 is 0. The van der Waals surface area contributed by atoms with Crippen molar-refractivity contribution in [2.45, 2.75) is 31.0 Å². The zero-order valence-corrected chi connectivity index (χ0v) is 13.2. The summed E-state index contributed by atoms with van der Waals surface area (Å²) in [6, 6.07) is -0.653. The van der Waals surface area contributed by atoms with Gasteiger partial charge >= 0.3 is 0 Å². The van der Waals surface area contributed by atoms with Crippen molar-refractivity contribution >= 4 is 24.2 Å². The van der Waals surface area contributed by atoms with E-state index in [-0.39, 0.29) is 11.8 Å². The molecule has 7 heteroatoms. The minimum absolute atomic E-state index is 0.0565. The number of carbonyl (C=O) groups excluding carboxylic acids is 2. The molecular formula is C16H23N5O2. The topological polar surface area (TPSA) is 91.4 Å².